The first-order valence-corrected chi connectivity index (χ1v) is 13.1. The van der Waals surface area contributed by atoms with Crippen molar-refractivity contribution in [2.24, 2.45) is 5.92 Å². The highest BCUT2D eigenvalue weighted by molar-refractivity contribution is 7.85. The summed E-state index contributed by atoms with van der Waals surface area (Å²) in [7, 11) is -3.84. The van der Waals surface area contributed by atoms with Crippen molar-refractivity contribution in [1.29, 1.82) is 0 Å². The minimum absolute atomic E-state index is 0.0417. The Morgan fingerprint density at radius 1 is 0.577 bits per heavy atom. The van der Waals surface area contributed by atoms with Crippen molar-refractivity contribution in [3.8, 4) is 0 Å². The van der Waals surface area contributed by atoms with Gasteiger partial charge in [-0.15, -0.1) is 0 Å². The van der Waals surface area contributed by atoms with Gasteiger partial charge in [0, 0.05) is 0 Å². The van der Waals surface area contributed by atoms with E-state index in [2.05, 4.69) is 13.8 Å². The minimum atomic E-state index is -3.84. The Balaban J connectivity index is 3.78. The van der Waals surface area contributed by atoms with Gasteiger partial charge in [0.1, 0.15) is 0 Å². The number of unbranched alkanes of at least 4 members (excludes halogenated alkanes) is 14. The Bertz CT molecular complexity index is 359. The highest BCUT2D eigenvalue weighted by atomic mass is 32.2. The molecule has 0 aliphatic heterocycles. The lowest BCUT2D eigenvalue weighted by Crippen LogP contribution is -2.15. The Morgan fingerprint density at radius 2 is 0.885 bits per heavy atom. The molecule has 0 bridgehead atoms. The Hall–Kier alpha value is -0.0900. The molecule has 0 aromatic rings. The number of hydrogen-bond donors (Lipinski definition) is 1. The van der Waals surface area contributed by atoms with Gasteiger partial charge in [-0.25, -0.2) is 0 Å². The predicted molar refractivity (Wildman–Crippen MR) is 114 cm³/mol. The fraction of sp³-hybridized carbons (Fsp3) is 1.00. The van der Waals surface area contributed by atoms with Crippen LogP contribution in [0, 0.1) is 5.92 Å². The first-order chi connectivity index (χ1) is 12.5. The van der Waals surface area contributed by atoms with E-state index in [4.69, 9.17) is 0 Å². The van der Waals surface area contributed by atoms with Crippen LogP contribution in [0.1, 0.15) is 129 Å². The molecule has 0 radical (unpaired) electrons. The predicted octanol–water partition coefficient (Wildman–Crippen LogP) is 7.55. The molecule has 0 unspecified atom stereocenters. The maximum Gasteiger partial charge on any atom is 0.265 e. The largest absolute Gasteiger partial charge is 0.286 e. The Labute approximate surface area is 164 Å². The maximum absolute atomic E-state index is 11.3. The zero-order chi connectivity index (χ0) is 19.5. The summed E-state index contributed by atoms with van der Waals surface area (Å²) in [5, 5.41) is 0. The van der Waals surface area contributed by atoms with Crippen LogP contribution in [-0.2, 0) is 10.1 Å². The Morgan fingerprint density at radius 3 is 1.19 bits per heavy atom. The molecule has 0 aliphatic carbocycles. The van der Waals surface area contributed by atoms with Crippen LogP contribution in [0.4, 0.5) is 0 Å². The smallest absolute Gasteiger partial charge is 0.265 e. The van der Waals surface area contributed by atoms with E-state index in [-0.39, 0.29) is 11.7 Å². The van der Waals surface area contributed by atoms with Gasteiger partial charge < -0.3 is 0 Å². The molecule has 0 spiro atoms. The summed E-state index contributed by atoms with van der Waals surface area (Å²) in [5.74, 6) is 0.102. The van der Waals surface area contributed by atoms with Crippen molar-refractivity contribution >= 4 is 10.1 Å². The van der Waals surface area contributed by atoms with Gasteiger partial charge in [-0.2, -0.15) is 8.42 Å². The van der Waals surface area contributed by atoms with E-state index in [1.807, 2.05) is 0 Å². The van der Waals surface area contributed by atoms with Gasteiger partial charge in [0.05, 0.1) is 5.75 Å². The van der Waals surface area contributed by atoms with Crippen LogP contribution >= 0.6 is 0 Å². The molecule has 0 saturated carbocycles. The SMILES string of the molecule is CCCCCCCCCCC(CCCCCCCCCC)CS(=O)(=O)O. The van der Waals surface area contributed by atoms with Crippen molar-refractivity contribution < 1.29 is 13.0 Å². The zero-order valence-electron chi connectivity index (χ0n) is 17.7. The molecule has 0 aromatic carbocycles. The summed E-state index contributed by atoms with van der Waals surface area (Å²) >= 11 is 0. The van der Waals surface area contributed by atoms with Crippen LogP contribution < -0.4 is 0 Å². The maximum atomic E-state index is 11.3. The summed E-state index contributed by atoms with van der Waals surface area (Å²) in [5.41, 5.74) is 0. The standard InChI is InChI=1S/C22H46O3S/c1-3-5-7-9-11-13-15-17-19-22(21-26(23,24)25)20-18-16-14-12-10-8-6-4-2/h22H,3-21H2,1-2H3,(H,23,24,25). The fourth-order valence-corrected chi connectivity index (χ4v) is 4.67. The van der Waals surface area contributed by atoms with Crippen molar-refractivity contribution in [2.75, 3.05) is 5.75 Å². The third-order valence-corrected chi connectivity index (χ3v) is 6.27. The average Bonchev–Trinajstić information content (AvgIpc) is 2.58. The summed E-state index contributed by atoms with van der Waals surface area (Å²) in [4.78, 5) is 0. The van der Waals surface area contributed by atoms with Gasteiger partial charge in [-0.05, 0) is 18.8 Å². The molecule has 0 aromatic heterocycles. The van der Waals surface area contributed by atoms with E-state index in [0.29, 0.717) is 0 Å². The molecule has 0 amide bonds. The fourth-order valence-electron chi connectivity index (χ4n) is 3.74. The summed E-state index contributed by atoms with van der Waals surface area (Å²) in [6.07, 6.45) is 22.3. The molecule has 0 rings (SSSR count). The molecule has 0 atom stereocenters. The van der Waals surface area contributed by atoms with E-state index in [9.17, 15) is 13.0 Å². The van der Waals surface area contributed by atoms with Crippen LogP contribution in [0.5, 0.6) is 0 Å². The highest BCUT2D eigenvalue weighted by Gasteiger charge is 2.16. The molecule has 1 N–H and O–H groups in total. The molecule has 158 valence electrons. The second-order valence-corrected chi connectivity index (χ2v) is 9.64. The summed E-state index contributed by atoms with van der Waals surface area (Å²) in [6, 6.07) is 0. The van der Waals surface area contributed by atoms with Crippen LogP contribution in [0.2, 0.25) is 0 Å². The summed E-state index contributed by atoms with van der Waals surface area (Å²) < 4.78 is 31.7. The first-order valence-electron chi connectivity index (χ1n) is 11.4. The van der Waals surface area contributed by atoms with E-state index >= 15 is 0 Å². The van der Waals surface area contributed by atoms with Crippen LogP contribution in [-0.4, -0.2) is 18.7 Å². The topological polar surface area (TPSA) is 54.4 Å². The van der Waals surface area contributed by atoms with Crippen molar-refractivity contribution in [1.82, 2.24) is 0 Å². The lowest BCUT2D eigenvalue weighted by Gasteiger charge is -2.15. The molecule has 26 heavy (non-hydrogen) atoms. The van der Waals surface area contributed by atoms with Crippen LogP contribution in [0.3, 0.4) is 0 Å². The monoisotopic (exact) mass is 390 g/mol. The third-order valence-electron chi connectivity index (χ3n) is 5.38. The van der Waals surface area contributed by atoms with Crippen molar-refractivity contribution in [2.45, 2.75) is 129 Å². The van der Waals surface area contributed by atoms with E-state index < -0.39 is 10.1 Å². The van der Waals surface area contributed by atoms with Gasteiger partial charge >= 0.3 is 0 Å². The lowest BCUT2D eigenvalue weighted by molar-refractivity contribution is 0.410. The molecule has 4 heteroatoms. The average molecular weight is 391 g/mol. The van der Waals surface area contributed by atoms with Gasteiger partial charge in [-0.1, -0.05) is 117 Å². The van der Waals surface area contributed by atoms with Gasteiger partial charge in [0.15, 0.2) is 0 Å². The van der Waals surface area contributed by atoms with Crippen LogP contribution in [0.25, 0.3) is 0 Å². The zero-order valence-corrected chi connectivity index (χ0v) is 18.5. The van der Waals surface area contributed by atoms with Gasteiger partial charge in [0.2, 0.25) is 0 Å². The van der Waals surface area contributed by atoms with Gasteiger partial charge in [0.25, 0.3) is 10.1 Å². The molecular weight excluding hydrogens is 344 g/mol. The number of rotatable bonds is 20. The molecule has 3 nitrogen and oxygen atoms in total. The second kappa shape index (κ2) is 18.3. The minimum Gasteiger partial charge on any atom is -0.286 e. The molecule has 0 fully saturated rings. The third kappa shape index (κ3) is 20.2. The van der Waals surface area contributed by atoms with E-state index in [1.54, 1.807) is 0 Å². The summed E-state index contributed by atoms with van der Waals surface area (Å²) in [6.45, 7) is 4.48. The van der Waals surface area contributed by atoms with E-state index in [0.717, 1.165) is 25.7 Å². The Kier molecular flexibility index (Phi) is 18.2. The highest BCUT2D eigenvalue weighted by Crippen LogP contribution is 2.21. The van der Waals surface area contributed by atoms with Crippen molar-refractivity contribution in [3.63, 3.8) is 0 Å². The first kappa shape index (κ1) is 25.9. The quantitative estimate of drug-likeness (QED) is 0.172. The molecule has 0 saturated heterocycles. The second-order valence-electron chi connectivity index (χ2n) is 8.14. The normalized spacial score (nSPS) is 12.2. The van der Waals surface area contributed by atoms with Crippen molar-refractivity contribution in [3.05, 3.63) is 0 Å². The van der Waals surface area contributed by atoms with Gasteiger partial charge in [-0.3, -0.25) is 4.55 Å². The van der Waals surface area contributed by atoms with Crippen LogP contribution in [0.15, 0.2) is 0 Å². The molecule has 0 aliphatic rings. The lowest BCUT2D eigenvalue weighted by atomic mass is 9.95. The number of hydrogen-bond acceptors (Lipinski definition) is 2. The molecular formula is C22H46O3S. The van der Waals surface area contributed by atoms with E-state index in [1.165, 1.54) is 89.9 Å². The molecule has 0 heterocycles.